The Morgan fingerprint density at radius 2 is 1.77 bits per heavy atom. The fourth-order valence-corrected chi connectivity index (χ4v) is 3.67. The lowest BCUT2D eigenvalue weighted by Crippen LogP contribution is -2.12. The van der Waals surface area contributed by atoms with Crippen molar-refractivity contribution in [3.8, 4) is 22.8 Å². The summed E-state index contributed by atoms with van der Waals surface area (Å²) in [6.45, 7) is 4.03. The molecule has 4 rings (SSSR count). The van der Waals surface area contributed by atoms with E-state index in [-0.39, 0.29) is 5.56 Å². The number of benzene rings is 2. The van der Waals surface area contributed by atoms with Crippen molar-refractivity contribution in [2.75, 3.05) is 20.0 Å². The quantitative estimate of drug-likeness (QED) is 0.480. The molecule has 0 fully saturated rings. The highest BCUT2D eigenvalue weighted by atomic mass is 16.5. The molecule has 2 heterocycles. The van der Waals surface area contributed by atoms with Crippen molar-refractivity contribution in [1.82, 2.24) is 15.0 Å². The first-order chi connectivity index (χ1) is 14.9. The van der Waals surface area contributed by atoms with Crippen molar-refractivity contribution in [3.63, 3.8) is 0 Å². The van der Waals surface area contributed by atoms with E-state index >= 15 is 0 Å². The van der Waals surface area contributed by atoms with Crippen LogP contribution in [0.3, 0.4) is 0 Å². The van der Waals surface area contributed by atoms with Crippen molar-refractivity contribution in [3.05, 3.63) is 75.5 Å². The van der Waals surface area contributed by atoms with E-state index < -0.39 is 0 Å². The molecule has 2 aromatic carbocycles. The summed E-state index contributed by atoms with van der Waals surface area (Å²) < 4.78 is 10.6. The summed E-state index contributed by atoms with van der Waals surface area (Å²) in [7, 11) is 3.08. The maximum atomic E-state index is 12.6. The lowest BCUT2D eigenvalue weighted by atomic mass is 10.0. The van der Waals surface area contributed by atoms with Crippen LogP contribution >= 0.6 is 0 Å². The molecule has 0 radical (unpaired) electrons. The molecule has 0 aliphatic rings. The zero-order valence-corrected chi connectivity index (χ0v) is 17.9. The summed E-state index contributed by atoms with van der Waals surface area (Å²) in [5, 5.41) is 0.445. The van der Waals surface area contributed by atoms with E-state index in [1.807, 2.05) is 32.0 Å². The Bertz CT molecular complexity index is 1330. The van der Waals surface area contributed by atoms with Crippen LogP contribution in [0.2, 0.25) is 0 Å². The molecule has 0 aliphatic carbocycles. The first-order valence-electron chi connectivity index (χ1n) is 9.86. The van der Waals surface area contributed by atoms with Gasteiger partial charge in [0, 0.05) is 29.9 Å². The molecular formula is C24H24N4O3. The highest BCUT2D eigenvalue weighted by Crippen LogP contribution is 2.30. The second kappa shape index (κ2) is 8.10. The molecule has 2 aromatic heterocycles. The highest BCUT2D eigenvalue weighted by molar-refractivity contribution is 5.82. The van der Waals surface area contributed by atoms with Crippen LogP contribution in [0.4, 0.5) is 5.69 Å². The van der Waals surface area contributed by atoms with Crippen LogP contribution in [-0.2, 0) is 6.42 Å². The van der Waals surface area contributed by atoms with Gasteiger partial charge in [0.25, 0.3) is 5.56 Å². The standard InChI is InChI=1S/C24H24N4O3/c1-13-7-14(2)23(25)16(8-13)18-6-5-15(12-26-18)9-22-27-19-11-21(31-4)20(30-3)10-17(19)24(29)28-22/h5-8,10-12H,9,25H2,1-4H3,(H,27,28,29). The molecule has 7 heteroatoms. The summed E-state index contributed by atoms with van der Waals surface area (Å²) in [5.41, 5.74) is 12.1. The summed E-state index contributed by atoms with van der Waals surface area (Å²) in [6, 6.07) is 11.3. The third kappa shape index (κ3) is 3.94. The number of aromatic nitrogens is 3. The van der Waals surface area contributed by atoms with E-state index in [0.717, 1.165) is 33.6 Å². The van der Waals surface area contributed by atoms with Crippen molar-refractivity contribution in [1.29, 1.82) is 0 Å². The number of aryl methyl sites for hydroxylation is 2. The normalized spacial score (nSPS) is 11.0. The van der Waals surface area contributed by atoms with Crippen molar-refractivity contribution < 1.29 is 9.47 Å². The third-order valence-electron chi connectivity index (χ3n) is 5.26. The first kappa shape index (κ1) is 20.4. The SMILES string of the molecule is COc1cc2nc(Cc3ccc(-c4cc(C)cc(C)c4N)nc3)[nH]c(=O)c2cc1OC. The molecule has 7 nitrogen and oxygen atoms in total. The minimum atomic E-state index is -0.228. The summed E-state index contributed by atoms with van der Waals surface area (Å²) in [6.07, 6.45) is 2.22. The van der Waals surface area contributed by atoms with Gasteiger partial charge in [-0.25, -0.2) is 4.98 Å². The number of nitrogens with two attached hydrogens (primary N) is 1. The van der Waals surface area contributed by atoms with Gasteiger partial charge in [0.2, 0.25) is 0 Å². The molecule has 0 unspecified atom stereocenters. The topological polar surface area (TPSA) is 103 Å². The Kier molecular flexibility index (Phi) is 5.33. The van der Waals surface area contributed by atoms with Gasteiger partial charge in [0.05, 0.1) is 30.8 Å². The number of nitrogens with one attached hydrogen (secondary N) is 1. The number of nitrogens with zero attached hydrogens (tertiary/aromatic N) is 2. The molecule has 0 atom stereocenters. The fourth-order valence-electron chi connectivity index (χ4n) is 3.67. The number of hydrogen-bond acceptors (Lipinski definition) is 6. The number of methoxy groups -OCH3 is 2. The second-order valence-corrected chi connectivity index (χ2v) is 7.51. The van der Waals surface area contributed by atoms with Crippen LogP contribution in [-0.4, -0.2) is 29.2 Å². The molecular weight excluding hydrogens is 392 g/mol. The number of aromatic amines is 1. The number of hydrogen-bond donors (Lipinski definition) is 2. The second-order valence-electron chi connectivity index (χ2n) is 7.51. The van der Waals surface area contributed by atoms with Crippen LogP contribution in [0.1, 0.15) is 22.5 Å². The van der Waals surface area contributed by atoms with E-state index in [4.69, 9.17) is 15.2 Å². The smallest absolute Gasteiger partial charge is 0.258 e. The number of ether oxygens (including phenoxy) is 2. The fraction of sp³-hybridized carbons (Fsp3) is 0.208. The molecule has 0 spiro atoms. The van der Waals surface area contributed by atoms with E-state index in [1.54, 1.807) is 25.4 Å². The average molecular weight is 416 g/mol. The Hall–Kier alpha value is -3.87. The predicted molar refractivity (Wildman–Crippen MR) is 122 cm³/mol. The lowest BCUT2D eigenvalue weighted by Gasteiger charge is -2.11. The maximum Gasteiger partial charge on any atom is 0.258 e. The van der Waals surface area contributed by atoms with Gasteiger partial charge in [-0.1, -0.05) is 17.7 Å². The summed E-state index contributed by atoms with van der Waals surface area (Å²) in [5.74, 6) is 1.56. The average Bonchev–Trinajstić information content (AvgIpc) is 2.76. The van der Waals surface area contributed by atoms with Gasteiger partial charge in [-0.3, -0.25) is 9.78 Å². The zero-order valence-electron chi connectivity index (χ0n) is 17.9. The number of H-pyrrole nitrogens is 1. The Balaban J connectivity index is 1.66. The minimum Gasteiger partial charge on any atom is -0.493 e. The minimum absolute atomic E-state index is 0.228. The van der Waals surface area contributed by atoms with Gasteiger partial charge in [0.15, 0.2) is 11.5 Å². The molecule has 0 bridgehead atoms. The van der Waals surface area contributed by atoms with Gasteiger partial charge >= 0.3 is 0 Å². The third-order valence-corrected chi connectivity index (χ3v) is 5.26. The largest absolute Gasteiger partial charge is 0.493 e. The van der Waals surface area contributed by atoms with E-state index in [1.165, 1.54) is 7.11 Å². The molecule has 0 aliphatic heterocycles. The van der Waals surface area contributed by atoms with Crippen LogP contribution in [0.15, 0.2) is 47.4 Å². The van der Waals surface area contributed by atoms with Crippen LogP contribution in [0.25, 0.3) is 22.2 Å². The Morgan fingerprint density at radius 3 is 2.45 bits per heavy atom. The van der Waals surface area contributed by atoms with Crippen LogP contribution in [0.5, 0.6) is 11.5 Å². The summed E-state index contributed by atoms with van der Waals surface area (Å²) in [4.78, 5) is 24.6. The van der Waals surface area contributed by atoms with E-state index in [0.29, 0.717) is 34.6 Å². The highest BCUT2D eigenvalue weighted by Gasteiger charge is 2.12. The van der Waals surface area contributed by atoms with Crippen molar-refractivity contribution >= 4 is 16.6 Å². The molecule has 3 N–H and O–H groups in total. The van der Waals surface area contributed by atoms with Gasteiger partial charge in [-0.2, -0.15) is 0 Å². The molecule has 0 saturated carbocycles. The molecule has 0 saturated heterocycles. The monoisotopic (exact) mass is 416 g/mol. The molecule has 158 valence electrons. The molecule has 31 heavy (non-hydrogen) atoms. The predicted octanol–water partition coefficient (Wildman–Crippen LogP) is 3.79. The van der Waals surface area contributed by atoms with Crippen LogP contribution < -0.4 is 20.8 Å². The van der Waals surface area contributed by atoms with Crippen molar-refractivity contribution in [2.45, 2.75) is 20.3 Å². The van der Waals surface area contributed by atoms with E-state index in [2.05, 4.69) is 21.0 Å². The number of anilines is 1. The van der Waals surface area contributed by atoms with Gasteiger partial charge in [-0.05, 0) is 43.2 Å². The van der Waals surface area contributed by atoms with E-state index in [9.17, 15) is 4.79 Å². The number of rotatable bonds is 5. The Morgan fingerprint density at radius 1 is 1.03 bits per heavy atom. The number of pyridine rings is 1. The molecule has 4 aromatic rings. The van der Waals surface area contributed by atoms with Gasteiger partial charge in [-0.15, -0.1) is 0 Å². The van der Waals surface area contributed by atoms with Crippen molar-refractivity contribution in [2.24, 2.45) is 0 Å². The zero-order chi connectivity index (χ0) is 22.1. The maximum absolute atomic E-state index is 12.6. The first-order valence-corrected chi connectivity index (χ1v) is 9.86. The summed E-state index contributed by atoms with van der Waals surface area (Å²) >= 11 is 0. The van der Waals surface area contributed by atoms with Gasteiger partial charge in [0.1, 0.15) is 5.82 Å². The van der Waals surface area contributed by atoms with Crippen LogP contribution in [0, 0.1) is 13.8 Å². The lowest BCUT2D eigenvalue weighted by molar-refractivity contribution is 0.355. The Labute approximate surface area is 179 Å². The van der Waals surface area contributed by atoms with Gasteiger partial charge < -0.3 is 20.2 Å². The number of fused-ring (bicyclic) bond motifs is 1. The number of nitrogen functional groups attached to an aromatic ring is 1. The molecule has 0 amide bonds.